The van der Waals surface area contributed by atoms with E-state index in [1.54, 1.807) is 0 Å². The predicted octanol–water partition coefficient (Wildman–Crippen LogP) is 3.47. The van der Waals surface area contributed by atoms with Gasteiger partial charge in [0.2, 0.25) is 0 Å². The molecule has 1 aromatic carbocycles. The molecule has 3 nitrogen and oxygen atoms in total. The van der Waals surface area contributed by atoms with Crippen molar-refractivity contribution in [3.63, 3.8) is 0 Å². The largest absolute Gasteiger partial charge is 0.347 e. The molecule has 4 rings (SSSR count). The number of benzene rings is 1. The summed E-state index contributed by atoms with van der Waals surface area (Å²) in [6.45, 7) is 3.60. The van der Waals surface area contributed by atoms with Gasteiger partial charge >= 0.3 is 0 Å². The van der Waals surface area contributed by atoms with Crippen molar-refractivity contribution >= 4 is 5.78 Å². The van der Waals surface area contributed by atoms with Crippen LogP contribution < -0.4 is 0 Å². The molecule has 3 atom stereocenters. The van der Waals surface area contributed by atoms with Crippen LogP contribution >= 0.6 is 0 Å². The maximum Gasteiger partial charge on any atom is 0.171 e. The lowest BCUT2D eigenvalue weighted by atomic mass is 9.51. The van der Waals surface area contributed by atoms with Crippen molar-refractivity contribution in [3.8, 4) is 0 Å². The third kappa shape index (κ3) is 1.85. The molecule has 2 aliphatic carbocycles. The SMILES string of the molecule is C[C@@H]1[C@H]2CCCC(=O)[C@]2(c2ccccc2)CCC12OCCO2. The summed E-state index contributed by atoms with van der Waals surface area (Å²) in [4.78, 5) is 13.0. The first-order valence-electron chi connectivity index (χ1n) is 8.56. The Morgan fingerprint density at radius 3 is 2.55 bits per heavy atom. The fraction of sp³-hybridized carbons (Fsp3) is 0.632. The summed E-state index contributed by atoms with van der Waals surface area (Å²) in [5.41, 5.74) is 0.879. The molecule has 1 heterocycles. The molecule has 3 aliphatic rings. The standard InChI is InChI=1S/C19H24O3/c1-14-16-8-5-9-17(20)18(16,15-6-3-2-4-7-15)10-11-19(14)21-12-13-22-19/h2-4,6-7,14,16H,5,8-13H2,1H3/t14-,16-,18+/m1/s1. The van der Waals surface area contributed by atoms with E-state index < -0.39 is 5.79 Å². The zero-order valence-corrected chi connectivity index (χ0v) is 13.2. The number of carbonyl (C=O) groups is 1. The maximum absolute atomic E-state index is 13.0. The summed E-state index contributed by atoms with van der Waals surface area (Å²) < 4.78 is 12.1. The summed E-state index contributed by atoms with van der Waals surface area (Å²) in [6.07, 6.45) is 4.48. The fourth-order valence-corrected chi connectivity index (χ4v) is 5.20. The Hall–Kier alpha value is -1.19. The van der Waals surface area contributed by atoms with Crippen LogP contribution in [0.25, 0.3) is 0 Å². The Kier molecular flexibility index (Phi) is 3.39. The summed E-state index contributed by atoms with van der Waals surface area (Å²) in [6, 6.07) is 10.4. The van der Waals surface area contributed by atoms with E-state index in [0.29, 0.717) is 31.3 Å². The van der Waals surface area contributed by atoms with Gasteiger partial charge in [-0.15, -0.1) is 0 Å². The molecule has 0 amide bonds. The van der Waals surface area contributed by atoms with Gasteiger partial charge in [-0.2, -0.15) is 0 Å². The van der Waals surface area contributed by atoms with Crippen molar-refractivity contribution in [1.82, 2.24) is 0 Å². The van der Waals surface area contributed by atoms with Crippen molar-refractivity contribution < 1.29 is 14.3 Å². The number of rotatable bonds is 1. The Morgan fingerprint density at radius 1 is 1.09 bits per heavy atom. The summed E-state index contributed by atoms with van der Waals surface area (Å²) >= 11 is 0. The van der Waals surface area contributed by atoms with Gasteiger partial charge in [0.1, 0.15) is 5.78 Å². The molecule has 1 aliphatic heterocycles. The number of hydrogen-bond donors (Lipinski definition) is 0. The molecule has 0 unspecified atom stereocenters. The summed E-state index contributed by atoms with van der Waals surface area (Å²) in [5, 5.41) is 0. The second-order valence-electron chi connectivity index (χ2n) is 7.06. The molecule has 0 aromatic heterocycles. The van der Waals surface area contributed by atoms with Crippen LogP contribution in [-0.2, 0) is 19.7 Å². The quantitative estimate of drug-likeness (QED) is 0.796. The van der Waals surface area contributed by atoms with Crippen LogP contribution in [0.3, 0.4) is 0 Å². The van der Waals surface area contributed by atoms with E-state index in [1.807, 2.05) is 6.07 Å². The van der Waals surface area contributed by atoms with E-state index in [4.69, 9.17) is 9.47 Å². The van der Waals surface area contributed by atoms with Gasteiger partial charge in [0.25, 0.3) is 0 Å². The summed E-state index contributed by atoms with van der Waals surface area (Å²) in [7, 11) is 0. The van der Waals surface area contributed by atoms with E-state index >= 15 is 0 Å². The number of fused-ring (bicyclic) bond motifs is 1. The van der Waals surface area contributed by atoms with Gasteiger partial charge in [0.05, 0.1) is 18.6 Å². The molecule has 3 heteroatoms. The molecule has 2 saturated carbocycles. The highest BCUT2D eigenvalue weighted by molar-refractivity contribution is 5.91. The summed E-state index contributed by atoms with van der Waals surface area (Å²) in [5.74, 6) is 0.562. The number of carbonyl (C=O) groups excluding carboxylic acids is 1. The number of hydrogen-bond acceptors (Lipinski definition) is 3. The van der Waals surface area contributed by atoms with Gasteiger partial charge in [0, 0.05) is 18.8 Å². The average Bonchev–Trinajstić information content (AvgIpc) is 3.03. The van der Waals surface area contributed by atoms with Gasteiger partial charge in [-0.05, 0) is 30.7 Å². The van der Waals surface area contributed by atoms with Crippen molar-refractivity contribution in [3.05, 3.63) is 35.9 Å². The molecule has 1 saturated heterocycles. The van der Waals surface area contributed by atoms with Crippen LogP contribution in [0.1, 0.15) is 44.6 Å². The van der Waals surface area contributed by atoms with Crippen LogP contribution in [0.15, 0.2) is 30.3 Å². The van der Waals surface area contributed by atoms with Crippen molar-refractivity contribution in [2.24, 2.45) is 11.8 Å². The Bertz CT molecular complexity index is 561. The van der Waals surface area contributed by atoms with Gasteiger partial charge < -0.3 is 9.47 Å². The number of ether oxygens (including phenoxy) is 2. The first-order chi connectivity index (χ1) is 10.7. The van der Waals surface area contributed by atoms with E-state index in [-0.39, 0.29) is 11.3 Å². The van der Waals surface area contributed by atoms with Gasteiger partial charge in [0.15, 0.2) is 5.79 Å². The minimum atomic E-state index is -0.444. The number of ketones is 1. The molecule has 118 valence electrons. The van der Waals surface area contributed by atoms with Crippen LogP contribution in [0.4, 0.5) is 0 Å². The minimum absolute atomic E-state index is 0.258. The molecular formula is C19H24O3. The van der Waals surface area contributed by atoms with E-state index in [2.05, 4.69) is 31.2 Å². The highest BCUT2D eigenvalue weighted by Gasteiger charge is 2.60. The Balaban J connectivity index is 1.79. The van der Waals surface area contributed by atoms with Crippen LogP contribution in [0.2, 0.25) is 0 Å². The first kappa shape index (κ1) is 14.4. The van der Waals surface area contributed by atoms with E-state index in [1.165, 1.54) is 5.56 Å². The highest BCUT2D eigenvalue weighted by atomic mass is 16.7. The monoisotopic (exact) mass is 300 g/mol. The number of Topliss-reactive ketones (excluding diaryl/α,β-unsaturated/α-hetero) is 1. The molecule has 0 radical (unpaired) electrons. The predicted molar refractivity (Wildman–Crippen MR) is 83.5 cm³/mol. The Labute approximate surface area is 132 Å². The van der Waals surface area contributed by atoms with Crippen LogP contribution in [0.5, 0.6) is 0 Å². The highest BCUT2D eigenvalue weighted by Crippen LogP contribution is 2.57. The van der Waals surface area contributed by atoms with Crippen LogP contribution in [0, 0.1) is 11.8 Å². The smallest absolute Gasteiger partial charge is 0.171 e. The molecule has 3 fully saturated rings. The molecule has 1 spiro atoms. The van der Waals surface area contributed by atoms with Crippen molar-refractivity contribution in [2.45, 2.75) is 50.2 Å². The normalized spacial score (nSPS) is 37.2. The maximum atomic E-state index is 13.0. The zero-order chi connectivity index (χ0) is 15.2. The molecule has 0 bridgehead atoms. The third-order valence-corrected chi connectivity index (χ3v) is 6.28. The lowest BCUT2D eigenvalue weighted by Gasteiger charge is -2.54. The lowest BCUT2D eigenvalue weighted by Crippen LogP contribution is -2.59. The topological polar surface area (TPSA) is 35.5 Å². The zero-order valence-electron chi connectivity index (χ0n) is 13.2. The van der Waals surface area contributed by atoms with E-state index in [0.717, 1.165) is 25.7 Å². The second-order valence-corrected chi connectivity index (χ2v) is 7.06. The van der Waals surface area contributed by atoms with Crippen LogP contribution in [-0.4, -0.2) is 24.8 Å². The molecular weight excluding hydrogens is 276 g/mol. The molecule has 0 N–H and O–H groups in total. The molecule has 22 heavy (non-hydrogen) atoms. The average molecular weight is 300 g/mol. The minimum Gasteiger partial charge on any atom is -0.347 e. The lowest BCUT2D eigenvalue weighted by molar-refractivity contribution is -0.235. The first-order valence-corrected chi connectivity index (χ1v) is 8.56. The van der Waals surface area contributed by atoms with Gasteiger partial charge in [-0.3, -0.25) is 4.79 Å². The molecule has 1 aromatic rings. The Morgan fingerprint density at radius 2 is 1.82 bits per heavy atom. The van der Waals surface area contributed by atoms with Crippen molar-refractivity contribution in [1.29, 1.82) is 0 Å². The van der Waals surface area contributed by atoms with Crippen molar-refractivity contribution in [2.75, 3.05) is 13.2 Å². The second kappa shape index (κ2) is 5.17. The van der Waals surface area contributed by atoms with E-state index in [9.17, 15) is 4.79 Å². The van der Waals surface area contributed by atoms with Gasteiger partial charge in [-0.1, -0.05) is 37.3 Å². The third-order valence-electron chi connectivity index (χ3n) is 6.28. The van der Waals surface area contributed by atoms with Gasteiger partial charge in [-0.25, -0.2) is 0 Å². The fourth-order valence-electron chi connectivity index (χ4n) is 5.20.